The quantitative estimate of drug-likeness (QED) is 0.330. The van der Waals surface area contributed by atoms with Gasteiger partial charge in [-0.05, 0) is 42.0 Å². The lowest BCUT2D eigenvalue weighted by atomic mass is 9.91. The maximum Gasteiger partial charge on any atom is 0.416 e. The van der Waals surface area contributed by atoms with Crippen molar-refractivity contribution < 1.29 is 62.5 Å². The zero-order valence-electron chi connectivity index (χ0n) is 16.1. The summed E-state index contributed by atoms with van der Waals surface area (Å²) in [6.45, 7) is -0.661. The summed E-state index contributed by atoms with van der Waals surface area (Å²) in [6.07, 6.45) is -22.7. The van der Waals surface area contributed by atoms with E-state index < -0.39 is 82.1 Å². The van der Waals surface area contributed by atoms with E-state index in [2.05, 4.69) is 0 Å². The van der Waals surface area contributed by atoms with Crippen LogP contribution in [-0.4, -0.2) is 11.7 Å². The summed E-state index contributed by atoms with van der Waals surface area (Å²) >= 11 is 0. The van der Waals surface area contributed by atoms with Crippen LogP contribution in [0.2, 0.25) is 0 Å². The molecule has 1 aliphatic rings. The molecule has 0 radical (unpaired) electrons. The van der Waals surface area contributed by atoms with Crippen molar-refractivity contribution in [1.82, 2.24) is 0 Å². The summed E-state index contributed by atoms with van der Waals surface area (Å²) in [7, 11) is 0. The van der Waals surface area contributed by atoms with Gasteiger partial charge in [0.1, 0.15) is 11.9 Å². The van der Waals surface area contributed by atoms with Gasteiger partial charge in [0.15, 0.2) is 0 Å². The normalized spacial score (nSPS) is 19.1. The van der Waals surface area contributed by atoms with Gasteiger partial charge in [-0.25, -0.2) is 0 Å². The second kappa shape index (κ2) is 8.10. The highest BCUT2D eigenvalue weighted by Crippen LogP contribution is 2.45. The van der Waals surface area contributed by atoms with Crippen LogP contribution in [0.1, 0.15) is 39.5 Å². The molecule has 1 unspecified atom stereocenters. The van der Waals surface area contributed by atoms with Gasteiger partial charge in [-0.3, -0.25) is 0 Å². The number of benzene rings is 2. The fraction of sp³-hybridized carbons (Fsp3) is 0.300. The van der Waals surface area contributed by atoms with Crippen LogP contribution in [0.25, 0.3) is 5.76 Å². The number of rotatable bonds is 2. The van der Waals surface area contributed by atoms with Gasteiger partial charge < -0.3 is 9.84 Å². The van der Waals surface area contributed by atoms with Gasteiger partial charge in [0.05, 0.1) is 28.9 Å². The fourth-order valence-electron chi connectivity index (χ4n) is 3.15. The lowest BCUT2D eigenvalue weighted by molar-refractivity contribution is -0.144. The fourth-order valence-corrected chi connectivity index (χ4v) is 3.15. The van der Waals surface area contributed by atoms with E-state index in [-0.39, 0.29) is 36.4 Å². The largest absolute Gasteiger partial charge is 0.507 e. The van der Waals surface area contributed by atoms with Crippen LogP contribution in [0.4, 0.5) is 52.7 Å². The number of alkyl halides is 12. The van der Waals surface area contributed by atoms with Gasteiger partial charge in [-0.1, -0.05) is 0 Å². The van der Waals surface area contributed by atoms with Crippen LogP contribution in [0, 0.1) is 0 Å². The van der Waals surface area contributed by atoms with Crippen molar-refractivity contribution in [3.05, 3.63) is 75.4 Å². The van der Waals surface area contributed by atoms with Crippen LogP contribution in [-0.2, 0) is 29.4 Å². The van der Waals surface area contributed by atoms with Gasteiger partial charge >= 0.3 is 24.7 Å². The number of aliphatic hydroxyl groups is 1. The molecule has 0 bridgehead atoms. The minimum atomic E-state index is -5.25. The molecule has 1 fully saturated rings. The van der Waals surface area contributed by atoms with Crippen molar-refractivity contribution in [3.63, 3.8) is 0 Å². The number of aliphatic hydroxyl groups excluding tert-OH is 1. The summed E-state index contributed by atoms with van der Waals surface area (Å²) in [5.74, 6) is -1.20. The Morgan fingerprint density at radius 1 is 0.618 bits per heavy atom. The summed E-state index contributed by atoms with van der Waals surface area (Å²) in [4.78, 5) is 0. The average molecular weight is 510 g/mol. The second-order valence-corrected chi connectivity index (χ2v) is 7.20. The molecule has 0 spiro atoms. The van der Waals surface area contributed by atoms with Gasteiger partial charge in [0.2, 0.25) is 0 Å². The first kappa shape index (κ1) is 25.7. The minimum Gasteiger partial charge on any atom is -0.507 e. The summed E-state index contributed by atoms with van der Waals surface area (Å²) in [5, 5.41) is 10.3. The predicted octanol–water partition coefficient (Wildman–Crippen LogP) is 7.80. The van der Waals surface area contributed by atoms with Crippen molar-refractivity contribution in [2.45, 2.75) is 30.8 Å². The highest BCUT2D eigenvalue weighted by molar-refractivity contribution is 5.66. The summed E-state index contributed by atoms with van der Waals surface area (Å²) < 4.78 is 162. The first-order chi connectivity index (χ1) is 15.3. The molecule has 2 aromatic rings. The third kappa shape index (κ3) is 5.26. The first-order valence-electron chi connectivity index (χ1n) is 8.91. The minimum absolute atomic E-state index is 0.167. The van der Waals surface area contributed by atoms with Crippen molar-refractivity contribution in [2.24, 2.45) is 0 Å². The third-order valence-electron chi connectivity index (χ3n) is 4.80. The van der Waals surface area contributed by atoms with E-state index in [1.54, 1.807) is 0 Å². The molecule has 0 aliphatic carbocycles. The Hall–Kier alpha value is -2.90. The number of ether oxygens (including phenoxy) is 1. The topological polar surface area (TPSA) is 29.5 Å². The Kier molecular flexibility index (Phi) is 6.13. The van der Waals surface area contributed by atoms with Crippen LogP contribution in [0.5, 0.6) is 0 Å². The smallest absolute Gasteiger partial charge is 0.416 e. The maximum atomic E-state index is 13.1. The zero-order chi connectivity index (χ0) is 25.9. The van der Waals surface area contributed by atoms with E-state index in [0.717, 1.165) is 0 Å². The molecule has 0 aromatic heterocycles. The van der Waals surface area contributed by atoms with Crippen molar-refractivity contribution in [3.8, 4) is 0 Å². The van der Waals surface area contributed by atoms with Crippen LogP contribution >= 0.6 is 0 Å². The third-order valence-corrected chi connectivity index (χ3v) is 4.80. The lowest BCUT2D eigenvalue weighted by Gasteiger charge is -2.33. The highest BCUT2D eigenvalue weighted by Gasteiger charge is 2.41. The SMILES string of the molecule is O/C(=C1/COC1c1cc(C(F)(F)F)cc(C(F)(F)F)c1)c1cc(C(F)(F)F)cc(C(F)(F)F)c1. The molecule has 1 N–H and O–H groups in total. The number of hydrogen-bond acceptors (Lipinski definition) is 2. The maximum absolute atomic E-state index is 13.1. The Morgan fingerprint density at radius 2 is 0.971 bits per heavy atom. The first-order valence-corrected chi connectivity index (χ1v) is 8.91. The molecular formula is C20H10F12O2. The average Bonchev–Trinajstić information content (AvgIpc) is 2.63. The van der Waals surface area contributed by atoms with Gasteiger partial charge in [-0.15, -0.1) is 0 Å². The molecule has 2 aromatic carbocycles. The van der Waals surface area contributed by atoms with Crippen LogP contribution < -0.4 is 0 Å². The van der Waals surface area contributed by atoms with E-state index in [1.807, 2.05) is 0 Å². The van der Waals surface area contributed by atoms with E-state index in [9.17, 15) is 57.8 Å². The Labute approximate surface area is 182 Å². The van der Waals surface area contributed by atoms with E-state index in [0.29, 0.717) is 0 Å². The highest BCUT2D eigenvalue weighted by atomic mass is 19.4. The summed E-state index contributed by atoms with van der Waals surface area (Å²) in [6, 6.07) is 0.506. The number of hydrogen-bond donors (Lipinski definition) is 1. The molecule has 0 saturated carbocycles. The molecule has 34 heavy (non-hydrogen) atoms. The van der Waals surface area contributed by atoms with Gasteiger partial charge in [-0.2, -0.15) is 52.7 Å². The zero-order valence-corrected chi connectivity index (χ0v) is 16.1. The lowest BCUT2D eigenvalue weighted by Crippen LogP contribution is -2.26. The second-order valence-electron chi connectivity index (χ2n) is 7.20. The van der Waals surface area contributed by atoms with E-state index in [1.165, 1.54) is 0 Å². The monoisotopic (exact) mass is 510 g/mol. The molecule has 3 rings (SSSR count). The van der Waals surface area contributed by atoms with E-state index in [4.69, 9.17) is 4.74 Å². The Morgan fingerprint density at radius 3 is 1.26 bits per heavy atom. The van der Waals surface area contributed by atoms with Crippen LogP contribution in [0.3, 0.4) is 0 Å². The van der Waals surface area contributed by atoms with Crippen molar-refractivity contribution in [2.75, 3.05) is 6.61 Å². The standard InChI is InChI=1S/C20H10F12O2/c21-17(22,23)10-1-8(2-11(5-10)18(24,25)26)15(33)14-7-34-16(14)9-3-12(19(27,28)29)6-13(4-9)20(30,31)32/h1-6,16,33H,7H2/b15-14-. The molecule has 2 nitrogen and oxygen atoms in total. The Balaban J connectivity index is 2.14. The van der Waals surface area contributed by atoms with Gasteiger partial charge in [0, 0.05) is 11.1 Å². The Bertz CT molecular complexity index is 1060. The number of halogens is 12. The predicted molar refractivity (Wildman–Crippen MR) is 91.1 cm³/mol. The molecule has 1 aliphatic heterocycles. The van der Waals surface area contributed by atoms with E-state index >= 15 is 0 Å². The van der Waals surface area contributed by atoms with Crippen LogP contribution in [0.15, 0.2) is 42.0 Å². The molecule has 1 atom stereocenters. The molecule has 186 valence electrons. The molecule has 1 saturated heterocycles. The molecular weight excluding hydrogens is 500 g/mol. The molecule has 1 heterocycles. The van der Waals surface area contributed by atoms with Crippen molar-refractivity contribution in [1.29, 1.82) is 0 Å². The summed E-state index contributed by atoms with van der Waals surface area (Å²) in [5.41, 5.74) is -9.24. The molecule has 14 heteroatoms. The van der Waals surface area contributed by atoms with Gasteiger partial charge in [0.25, 0.3) is 0 Å². The van der Waals surface area contributed by atoms with Crippen molar-refractivity contribution >= 4 is 5.76 Å². The molecule has 0 amide bonds.